The number of aryl methyl sites for hydroxylation is 1. The molecule has 0 spiro atoms. The van der Waals surface area contributed by atoms with Gasteiger partial charge in [-0.05, 0) is 30.2 Å². The largest absolute Gasteiger partial charge is 0.374 e. The van der Waals surface area contributed by atoms with Gasteiger partial charge < -0.3 is 5.73 Å². The Hall–Kier alpha value is -1.02. The Morgan fingerprint density at radius 3 is 2.64 bits per heavy atom. The third-order valence-corrected chi connectivity index (χ3v) is 1.43. The van der Waals surface area contributed by atoms with Crippen LogP contribution in [-0.2, 0) is 0 Å². The molecule has 1 aromatic rings. The van der Waals surface area contributed by atoms with Crippen molar-refractivity contribution in [1.29, 1.82) is 0 Å². The molecular weight excluding hydrogens is 160 g/mol. The van der Waals surface area contributed by atoms with Crippen molar-refractivity contribution >= 4 is 22.6 Å². The van der Waals surface area contributed by atoms with Gasteiger partial charge in [-0.1, -0.05) is 18.2 Å². The van der Waals surface area contributed by atoms with Gasteiger partial charge in [0.05, 0.1) is 5.69 Å². The van der Waals surface area contributed by atoms with E-state index in [0.29, 0.717) is 0 Å². The number of hydrogen-bond donors (Lipinski definition) is 1. The number of halogens is 1. The zero-order valence-corrected chi connectivity index (χ0v) is 6.97. The quantitative estimate of drug-likeness (QED) is 0.390. The van der Waals surface area contributed by atoms with Crippen LogP contribution in [0.25, 0.3) is 0 Å². The second kappa shape index (κ2) is 3.39. The Balaban J connectivity index is 3.04. The Labute approximate surface area is 70.7 Å². The van der Waals surface area contributed by atoms with Gasteiger partial charge in [0.2, 0.25) is 0 Å². The molecule has 11 heavy (non-hydrogen) atoms. The van der Waals surface area contributed by atoms with E-state index in [1.807, 2.05) is 31.2 Å². The van der Waals surface area contributed by atoms with Crippen molar-refractivity contribution in [2.45, 2.75) is 6.92 Å². The lowest BCUT2D eigenvalue weighted by Gasteiger charge is -1.97. The summed E-state index contributed by atoms with van der Waals surface area (Å²) in [5, 5.41) is 0.0688. The van der Waals surface area contributed by atoms with Crippen molar-refractivity contribution in [1.82, 2.24) is 0 Å². The molecule has 3 heteroatoms. The highest BCUT2D eigenvalue weighted by atomic mass is 35.5. The first-order valence-electron chi connectivity index (χ1n) is 3.25. The number of nitrogens with two attached hydrogens (primary N) is 1. The minimum atomic E-state index is 0.0688. The van der Waals surface area contributed by atoms with Crippen LogP contribution in [-0.4, -0.2) is 5.29 Å². The van der Waals surface area contributed by atoms with E-state index in [9.17, 15) is 0 Å². The summed E-state index contributed by atoms with van der Waals surface area (Å²) in [6.45, 7) is 1.96. The van der Waals surface area contributed by atoms with Crippen LogP contribution >= 0.6 is 11.6 Å². The van der Waals surface area contributed by atoms with E-state index in [4.69, 9.17) is 17.3 Å². The van der Waals surface area contributed by atoms with Crippen LogP contribution in [0.5, 0.6) is 0 Å². The molecule has 0 aliphatic rings. The number of rotatable bonds is 1. The molecule has 0 aliphatic heterocycles. The summed E-state index contributed by atoms with van der Waals surface area (Å²) in [7, 11) is 0. The molecule has 2 N–H and O–H groups in total. The van der Waals surface area contributed by atoms with Crippen molar-refractivity contribution in [3.8, 4) is 0 Å². The van der Waals surface area contributed by atoms with Crippen LogP contribution in [0.3, 0.4) is 0 Å². The molecule has 0 unspecified atom stereocenters. The fourth-order valence-electron chi connectivity index (χ4n) is 0.804. The van der Waals surface area contributed by atoms with Crippen LogP contribution in [0.1, 0.15) is 5.56 Å². The van der Waals surface area contributed by atoms with Gasteiger partial charge in [-0.25, -0.2) is 4.99 Å². The molecule has 0 aliphatic carbocycles. The number of benzene rings is 1. The highest BCUT2D eigenvalue weighted by Crippen LogP contribution is 2.16. The van der Waals surface area contributed by atoms with Gasteiger partial charge in [-0.2, -0.15) is 0 Å². The lowest BCUT2D eigenvalue weighted by Crippen LogP contribution is -2.00. The van der Waals surface area contributed by atoms with E-state index in [2.05, 4.69) is 4.99 Å². The van der Waals surface area contributed by atoms with Gasteiger partial charge in [0.15, 0.2) is 5.29 Å². The Bertz CT molecular complexity index is 277. The van der Waals surface area contributed by atoms with Crippen molar-refractivity contribution < 1.29 is 0 Å². The van der Waals surface area contributed by atoms with Crippen LogP contribution in [0.2, 0.25) is 0 Å². The Kier molecular flexibility index (Phi) is 2.49. The molecule has 1 aromatic carbocycles. The summed E-state index contributed by atoms with van der Waals surface area (Å²) in [6.07, 6.45) is 0. The molecule has 0 atom stereocenters. The molecule has 2 nitrogen and oxygen atoms in total. The highest BCUT2D eigenvalue weighted by Gasteiger charge is 1.92. The third-order valence-electron chi connectivity index (χ3n) is 1.34. The monoisotopic (exact) mass is 168 g/mol. The molecule has 58 valence electrons. The van der Waals surface area contributed by atoms with E-state index in [-0.39, 0.29) is 5.29 Å². The predicted octanol–water partition coefficient (Wildman–Crippen LogP) is 2.18. The molecule has 0 aromatic heterocycles. The smallest absolute Gasteiger partial charge is 0.193 e. The van der Waals surface area contributed by atoms with E-state index in [0.717, 1.165) is 11.3 Å². The second-order valence-corrected chi connectivity index (χ2v) is 2.61. The molecule has 0 heterocycles. The average Bonchev–Trinajstić information content (AvgIpc) is 1.93. The minimum absolute atomic E-state index is 0.0688. The Morgan fingerprint density at radius 2 is 2.09 bits per heavy atom. The van der Waals surface area contributed by atoms with Crippen molar-refractivity contribution in [2.24, 2.45) is 10.7 Å². The molecule has 0 amide bonds. The van der Waals surface area contributed by atoms with Crippen LogP contribution < -0.4 is 5.73 Å². The van der Waals surface area contributed by atoms with Crippen LogP contribution in [0.15, 0.2) is 29.3 Å². The number of para-hydroxylation sites is 1. The maximum Gasteiger partial charge on any atom is 0.193 e. The number of hydrogen-bond acceptors (Lipinski definition) is 1. The first kappa shape index (κ1) is 8.08. The number of aliphatic imine (C=N–C) groups is 1. The van der Waals surface area contributed by atoms with E-state index in [1.54, 1.807) is 0 Å². The topological polar surface area (TPSA) is 38.4 Å². The predicted molar refractivity (Wildman–Crippen MR) is 48.3 cm³/mol. The van der Waals surface area contributed by atoms with Gasteiger partial charge in [0.25, 0.3) is 0 Å². The summed E-state index contributed by atoms with van der Waals surface area (Å²) in [5.74, 6) is 0. The lowest BCUT2D eigenvalue weighted by molar-refractivity contribution is 1.39. The standard InChI is InChI=1S/C8H9ClN2/c1-6-4-2-3-5-7(6)11-8(9)10/h2-5H,1H3,(H2,10,11). The molecule has 1 rings (SSSR count). The maximum atomic E-state index is 5.41. The number of amidine groups is 1. The van der Waals surface area contributed by atoms with Crippen molar-refractivity contribution in [2.75, 3.05) is 0 Å². The summed E-state index contributed by atoms with van der Waals surface area (Å²) in [5.41, 5.74) is 7.09. The molecule has 0 saturated carbocycles. The Morgan fingerprint density at radius 1 is 1.45 bits per heavy atom. The summed E-state index contributed by atoms with van der Waals surface area (Å²) >= 11 is 5.41. The van der Waals surface area contributed by atoms with Gasteiger partial charge in [-0.15, -0.1) is 0 Å². The van der Waals surface area contributed by atoms with E-state index in [1.165, 1.54) is 0 Å². The normalized spacial score (nSPS) is 11.6. The van der Waals surface area contributed by atoms with E-state index >= 15 is 0 Å². The minimum Gasteiger partial charge on any atom is -0.374 e. The molecule has 0 saturated heterocycles. The van der Waals surface area contributed by atoms with Crippen molar-refractivity contribution in [3.63, 3.8) is 0 Å². The highest BCUT2D eigenvalue weighted by molar-refractivity contribution is 6.64. The first-order valence-corrected chi connectivity index (χ1v) is 3.63. The summed E-state index contributed by atoms with van der Waals surface area (Å²) in [4.78, 5) is 3.92. The lowest BCUT2D eigenvalue weighted by atomic mass is 10.2. The zero-order valence-electron chi connectivity index (χ0n) is 6.21. The SMILES string of the molecule is Cc1ccccc1N=C(N)Cl. The average molecular weight is 169 g/mol. The van der Waals surface area contributed by atoms with Crippen molar-refractivity contribution in [3.05, 3.63) is 29.8 Å². The first-order chi connectivity index (χ1) is 5.20. The number of nitrogens with zero attached hydrogens (tertiary/aromatic N) is 1. The van der Waals surface area contributed by atoms with Crippen LogP contribution in [0.4, 0.5) is 5.69 Å². The van der Waals surface area contributed by atoms with Gasteiger partial charge in [0, 0.05) is 0 Å². The third kappa shape index (κ3) is 2.24. The van der Waals surface area contributed by atoms with E-state index < -0.39 is 0 Å². The summed E-state index contributed by atoms with van der Waals surface area (Å²) in [6, 6.07) is 7.66. The van der Waals surface area contributed by atoms with Gasteiger partial charge in [0.1, 0.15) is 0 Å². The van der Waals surface area contributed by atoms with Gasteiger partial charge >= 0.3 is 0 Å². The van der Waals surface area contributed by atoms with Crippen LogP contribution in [0, 0.1) is 6.92 Å². The fraction of sp³-hybridized carbons (Fsp3) is 0.125. The molecule has 0 fully saturated rings. The molecule has 0 bridgehead atoms. The second-order valence-electron chi connectivity index (χ2n) is 2.22. The fourth-order valence-corrected chi connectivity index (χ4v) is 0.895. The molecular formula is C8H9ClN2. The van der Waals surface area contributed by atoms with Gasteiger partial charge in [-0.3, -0.25) is 0 Å². The molecule has 0 radical (unpaired) electrons. The maximum absolute atomic E-state index is 5.41. The zero-order chi connectivity index (χ0) is 8.27. The summed E-state index contributed by atoms with van der Waals surface area (Å²) < 4.78 is 0.